The Balaban J connectivity index is 1.08. The van der Waals surface area contributed by atoms with Crippen LogP contribution in [0.15, 0.2) is 42.6 Å². The molecule has 1 aromatic carbocycles. The summed E-state index contributed by atoms with van der Waals surface area (Å²) in [6.07, 6.45) is 5.88. The number of anilines is 2. The molecule has 9 nitrogen and oxygen atoms in total. The fraction of sp³-hybridized carbons (Fsp3) is 0.536. The second kappa shape index (κ2) is 11.3. The van der Waals surface area contributed by atoms with Gasteiger partial charge in [0.05, 0.1) is 5.92 Å². The van der Waals surface area contributed by atoms with E-state index in [-0.39, 0.29) is 29.6 Å². The van der Waals surface area contributed by atoms with Crippen LogP contribution in [-0.4, -0.2) is 77.0 Å². The predicted molar refractivity (Wildman–Crippen MR) is 141 cm³/mol. The molecule has 196 valence electrons. The van der Waals surface area contributed by atoms with Crippen molar-refractivity contribution in [2.24, 2.45) is 11.8 Å². The second-order valence-corrected chi connectivity index (χ2v) is 10.5. The summed E-state index contributed by atoms with van der Waals surface area (Å²) in [5, 5.41) is 11.2. The summed E-state index contributed by atoms with van der Waals surface area (Å²) < 4.78 is 0. The molecule has 4 heterocycles. The average molecular weight is 505 g/mol. The highest BCUT2D eigenvalue weighted by Crippen LogP contribution is 2.31. The van der Waals surface area contributed by atoms with Crippen LogP contribution in [0, 0.1) is 11.8 Å². The third-order valence-electron chi connectivity index (χ3n) is 8.19. The maximum Gasteiger partial charge on any atom is 0.229 e. The second-order valence-electron chi connectivity index (χ2n) is 10.5. The van der Waals surface area contributed by atoms with Crippen LogP contribution in [0.2, 0.25) is 0 Å². The van der Waals surface area contributed by atoms with Gasteiger partial charge < -0.3 is 20.0 Å². The molecule has 2 aromatic rings. The number of rotatable bonds is 5. The molecule has 0 spiro atoms. The van der Waals surface area contributed by atoms with Gasteiger partial charge in [-0.05, 0) is 67.9 Å². The van der Waals surface area contributed by atoms with Gasteiger partial charge in [0.2, 0.25) is 17.7 Å². The van der Waals surface area contributed by atoms with Gasteiger partial charge in [-0.3, -0.25) is 14.4 Å². The zero-order valence-corrected chi connectivity index (χ0v) is 21.5. The van der Waals surface area contributed by atoms with Crippen molar-refractivity contribution < 1.29 is 14.4 Å². The number of carbonyl (C=O) groups is 3. The van der Waals surface area contributed by atoms with E-state index in [0.29, 0.717) is 25.6 Å². The molecule has 0 saturated carbocycles. The molecule has 0 radical (unpaired) electrons. The number of hydrogen-bond donors (Lipinski definition) is 1. The highest BCUT2D eigenvalue weighted by atomic mass is 16.2. The third kappa shape index (κ3) is 5.92. The summed E-state index contributed by atoms with van der Waals surface area (Å²) in [6.45, 7) is 5.97. The van der Waals surface area contributed by atoms with Crippen molar-refractivity contribution in [3.05, 3.63) is 48.2 Å². The molecule has 9 heteroatoms. The van der Waals surface area contributed by atoms with Crippen LogP contribution in [0.5, 0.6) is 0 Å². The molecule has 3 aliphatic rings. The first-order valence-corrected chi connectivity index (χ1v) is 13.5. The van der Waals surface area contributed by atoms with Crippen LogP contribution in [0.25, 0.3) is 0 Å². The summed E-state index contributed by atoms with van der Waals surface area (Å²) in [5.74, 6) is 1.60. The lowest BCUT2D eigenvalue weighted by atomic mass is 9.88. The highest BCUT2D eigenvalue weighted by Gasteiger charge is 2.32. The zero-order chi connectivity index (χ0) is 25.8. The molecular weight excluding hydrogens is 468 g/mol. The van der Waals surface area contributed by atoms with Gasteiger partial charge in [-0.2, -0.15) is 5.10 Å². The van der Waals surface area contributed by atoms with E-state index >= 15 is 0 Å². The number of benzene rings is 1. The first-order chi connectivity index (χ1) is 18.0. The van der Waals surface area contributed by atoms with Gasteiger partial charge in [0.15, 0.2) is 5.82 Å². The lowest BCUT2D eigenvalue weighted by molar-refractivity contribution is -0.140. The summed E-state index contributed by atoms with van der Waals surface area (Å²) in [6, 6.07) is 12.0. The Hall–Kier alpha value is -3.49. The number of likely N-dealkylation sites (tertiary alicyclic amines) is 2. The van der Waals surface area contributed by atoms with Crippen LogP contribution in [0.4, 0.5) is 11.5 Å². The fourth-order valence-electron chi connectivity index (χ4n) is 5.86. The van der Waals surface area contributed by atoms with Crippen molar-refractivity contribution in [3.8, 4) is 0 Å². The minimum atomic E-state index is -0.0711. The SMILES string of the molecule is CC(=O)N1CCC(C(=O)N2CCC(c3ccc(NC(=O)[C@H]4CCN(c5cccnn5)C4)cc3)CC2)CC1. The monoisotopic (exact) mass is 504 g/mol. The summed E-state index contributed by atoms with van der Waals surface area (Å²) in [4.78, 5) is 43.3. The Labute approximate surface area is 218 Å². The first kappa shape index (κ1) is 25.2. The molecule has 3 saturated heterocycles. The number of nitrogens with zero attached hydrogens (tertiary/aromatic N) is 5. The van der Waals surface area contributed by atoms with E-state index in [1.165, 1.54) is 5.56 Å². The van der Waals surface area contributed by atoms with Crippen molar-refractivity contribution in [2.45, 2.75) is 44.9 Å². The largest absolute Gasteiger partial charge is 0.354 e. The van der Waals surface area contributed by atoms with E-state index in [1.807, 2.05) is 34.1 Å². The maximum atomic E-state index is 13.0. The number of hydrogen-bond acceptors (Lipinski definition) is 6. The minimum absolute atomic E-state index is 0.0418. The maximum absolute atomic E-state index is 13.0. The quantitative estimate of drug-likeness (QED) is 0.672. The zero-order valence-electron chi connectivity index (χ0n) is 21.5. The van der Waals surface area contributed by atoms with Crippen LogP contribution in [-0.2, 0) is 14.4 Å². The molecular formula is C28H36N6O3. The van der Waals surface area contributed by atoms with E-state index in [4.69, 9.17) is 0 Å². The van der Waals surface area contributed by atoms with E-state index in [1.54, 1.807) is 13.1 Å². The Bertz CT molecular complexity index is 1090. The Morgan fingerprint density at radius 1 is 0.838 bits per heavy atom. The van der Waals surface area contributed by atoms with E-state index in [0.717, 1.165) is 63.2 Å². The lowest BCUT2D eigenvalue weighted by Gasteiger charge is -2.37. The minimum Gasteiger partial charge on any atom is -0.354 e. The van der Waals surface area contributed by atoms with Crippen LogP contribution in [0.3, 0.4) is 0 Å². The van der Waals surface area contributed by atoms with Crippen molar-refractivity contribution >= 4 is 29.2 Å². The molecule has 3 fully saturated rings. The van der Waals surface area contributed by atoms with Gasteiger partial charge in [0.25, 0.3) is 0 Å². The van der Waals surface area contributed by atoms with Crippen LogP contribution >= 0.6 is 0 Å². The third-order valence-corrected chi connectivity index (χ3v) is 8.19. The Kier molecular flexibility index (Phi) is 7.67. The van der Waals surface area contributed by atoms with Crippen molar-refractivity contribution in [1.82, 2.24) is 20.0 Å². The average Bonchev–Trinajstić information content (AvgIpc) is 3.45. The van der Waals surface area contributed by atoms with Gasteiger partial charge in [0, 0.05) is 64.0 Å². The first-order valence-electron chi connectivity index (χ1n) is 13.5. The van der Waals surface area contributed by atoms with Gasteiger partial charge in [0.1, 0.15) is 0 Å². The molecule has 1 N–H and O–H groups in total. The summed E-state index contributed by atoms with van der Waals surface area (Å²) in [7, 11) is 0. The number of carbonyl (C=O) groups excluding carboxylic acids is 3. The van der Waals surface area contributed by atoms with Crippen molar-refractivity contribution in [2.75, 3.05) is 49.5 Å². The molecule has 1 aromatic heterocycles. The van der Waals surface area contributed by atoms with E-state index < -0.39 is 0 Å². The van der Waals surface area contributed by atoms with Crippen LogP contribution in [0.1, 0.15) is 50.5 Å². The molecule has 1 atom stereocenters. The normalized spacial score (nSPS) is 21.2. The van der Waals surface area contributed by atoms with Crippen molar-refractivity contribution in [3.63, 3.8) is 0 Å². The molecule has 3 amide bonds. The fourth-order valence-corrected chi connectivity index (χ4v) is 5.86. The number of piperidine rings is 2. The number of nitrogens with one attached hydrogen (secondary N) is 1. The molecule has 37 heavy (non-hydrogen) atoms. The molecule has 0 unspecified atom stereocenters. The molecule has 0 aliphatic carbocycles. The van der Waals surface area contributed by atoms with E-state index in [9.17, 15) is 14.4 Å². The Morgan fingerprint density at radius 3 is 2.16 bits per heavy atom. The lowest BCUT2D eigenvalue weighted by Crippen LogP contribution is -2.46. The standard InChI is InChI=1S/C28H36N6O3/c1-20(35)32-14-10-23(11-15-32)28(37)33-16-8-22(9-17-33)21-4-6-25(7-5-21)30-27(36)24-12-18-34(19-24)26-3-2-13-29-31-26/h2-7,13,22-24H,8-12,14-19H2,1H3,(H,30,36)/t24-/m0/s1. The highest BCUT2D eigenvalue weighted by molar-refractivity contribution is 5.93. The topological polar surface area (TPSA) is 98.7 Å². The summed E-state index contributed by atoms with van der Waals surface area (Å²) in [5.41, 5.74) is 2.07. The van der Waals surface area contributed by atoms with Gasteiger partial charge >= 0.3 is 0 Å². The molecule has 0 bridgehead atoms. The van der Waals surface area contributed by atoms with Gasteiger partial charge in [-0.15, -0.1) is 5.10 Å². The predicted octanol–water partition coefficient (Wildman–Crippen LogP) is 2.91. The van der Waals surface area contributed by atoms with Gasteiger partial charge in [-0.1, -0.05) is 12.1 Å². The molecule has 5 rings (SSSR count). The molecule has 3 aliphatic heterocycles. The van der Waals surface area contributed by atoms with Gasteiger partial charge in [-0.25, -0.2) is 0 Å². The number of amides is 3. The number of aromatic nitrogens is 2. The van der Waals surface area contributed by atoms with Crippen LogP contribution < -0.4 is 10.2 Å². The smallest absolute Gasteiger partial charge is 0.229 e. The van der Waals surface area contributed by atoms with E-state index in [2.05, 4.69) is 32.5 Å². The van der Waals surface area contributed by atoms with Crippen molar-refractivity contribution in [1.29, 1.82) is 0 Å². The summed E-state index contributed by atoms with van der Waals surface area (Å²) >= 11 is 0. The Morgan fingerprint density at radius 2 is 1.51 bits per heavy atom.